The van der Waals surface area contributed by atoms with Crippen molar-refractivity contribution < 1.29 is 0 Å². The number of halogens is 1. The monoisotopic (exact) mass is 451 g/mol. The second-order valence-corrected chi connectivity index (χ2v) is 7.66. The first-order chi connectivity index (χ1) is 14.3. The summed E-state index contributed by atoms with van der Waals surface area (Å²) >= 11 is 3.43. The Balaban J connectivity index is 1.55. The Kier molecular flexibility index (Phi) is 6.31. The predicted molar refractivity (Wildman–Crippen MR) is 121 cm³/mol. The van der Waals surface area contributed by atoms with Gasteiger partial charge in [-0.3, -0.25) is 0 Å². The van der Waals surface area contributed by atoms with Gasteiger partial charge in [0.1, 0.15) is 0 Å². The molecule has 1 saturated heterocycles. The normalized spacial score (nSPS) is 14.2. The number of hydrazone groups is 1. The molecule has 29 heavy (non-hydrogen) atoms. The van der Waals surface area contributed by atoms with Crippen molar-refractivity contribution >= 4 is 45.7 Å². The van der Waals surface area contributed by atoms with Crippen LogP contribution in [-0.4, -0.2) is 34.3 Å². The third-order valence-corrected chi connectivity index (χ3v) is 5.07. The van der Waals surface area contributed by atoms with Crippen molar-refractivity contribution in [2.75, 3.05) is 28.7 Å². The summed E-state index contributed by atoms with van der Waals surface area (Å²) in [5, 5.41) is 7.54. The van der Waals surface area contributed by atoms with Crippen LogP contribution in [0.1, 0.15) is 24.8 Å². The van der Waals surface area contributed by atoms with Gasteiger partial charge in [-0.25, -0.2) is 5.43 Å². The molecule has 0 atom stereocenters. The fraction of sp³-hybridized carbons (Fsp3) is 0.238. The molecule has 0 saturated carbocycles. The zero-order valence-corrected chi connectivity index (χ0v) is 17.5. The van der Waals surface area contributed by atoms with Gasteiger partial charge in [0.25, 0.3) is 0 Å². The summed E-state index contributed by atoms with van der Waals surface area (Å²) in [5.41, 5.74) is 4.85. The van der Waals surface area contributed by atoms with E-state index < -0.39 is 0 Å². The second-order valence-electron chi connectivity index (χ2n) is 6.74. The van der Waals surface area contributed by atoms with E-state index in [1.54, 1.807) is 6.21 Å². The van der Waals surface area contributed by atoms with Crippen molar-refractivity contribution in [3.8, 4) is 0 Å². The van der Waals surface area contributed by atoms with E-state index in [0.29, 0.717) is 17.8 Å². The molecule has 4 rings (SSSR count). The molecule has 2 N–H and O–H groups in total. The van der Waals surface area contributed by atoms with Crippen molar-refractivity contribution in [1.82, 2.24) is 15.0 Å². The molecule has 8 heteroatoms. The van der Waals surface area contributed by atoms with Crippen molar-refractivity contribution in [1.29, 1.82) is 0 Å². The van der Waals surface area contributed by atoms with Crippen LogP contribution in [-0.2, 0) is 0 Å². The fourth-order valence-electron chi connectivity index (χ4n) is 3.07. The van der Waals surface area contributed by atoms with Crippen LogP contribution in [0.2, 0.25) is 0 Å². The summed E-state index contributed by atoms with van der Waals surface area (Å²) in [7, 11) is 0. The van der Waals surface area contributed by atoms with E-state index in [1.165, 1.54) is 6.42 Å². The number of nitrogens with zero attached hydrogens (tertiary/aromatic N) is 5. The summed E-state index contributed by atoms with van der Waals surface area (Å²) in [4.78, 5) is 15.9. The molecule has 1 fully saturated rings. The Morgan fingerprint density at radius 3 is 2.34 bits per heavy atom. The molecule has 0 radical (unpaired) electrons. The minimum absolute atomic E-state index is 0.410. The molecule has 0 aliphatic carbocycles. The summed E-state index contributed by atoms with van der Waals surface area (Å²) in [5.74, 6) is 1.57. The highest BCUT2D eigenvalue weighted by Gasteiger charge is 2.16. The van der Waals surface area contributed by atoms with E-state index >= 15 is 0 Å². The molecule has 2 heterocycles. The quantitative estimate of drug-likeness (QED) is 0.413. The van der Waals surface area contributed by atoms with Gasteiger partial charge in [0.15, 0.2) is 0 Å². The Morgan fingerprint density at radius 2 is 1.59 bits per heavy atom. The molecule has 0 amide bonds. The number of benzene rings is 2. The summed E-state index contributed by atoms with van der Waals surface area (Å²) in [6, 6.07) is 17.8. The van der Waals surface area contributed by atoms with Gasteiger partial charge in [0.2, 0.25) is 17.8 Å². The van der Waals surface area contributed by atoms with Gasteiger partial charge in [0, 0.05) is 23.2 Å². The average Bonchev–Trinajstić information content (AvgIpc) is 2.76. The number of aromatic nitrogens is 3. The molecule has 1 aliphatic rings. The third kappa shape index (κ3) is 5.51. The van der Waals surface area contributed by atoms with Gasteiger partial charge >= 0.3 is 0 Å². The van der Waals surface area contributed by atoms with Crippen LogP contribution in [0, 0.1) is 0 Å². The molecule has 1 aliphatic heterocycles. The summed E-state index contributed by atoms with van der Waals surface area (Å²) < 4.78 is 1.03. The van der Waals surface area contributed by atoms with Gasteiger partial charge in [-0.15, -0.1) is 0 Å². The minimum Gasteiger partial charge on any atom is -0.341 e. The smallest absolute Gasteiger partial charge is 0.250 e. The fourth-order valence-corrected chi connectivity index (χ4v) is 3.33. The molecule has 2 aromatic carbocycles. The number of hydrogen-bond donors (Lipinski definition) is 2. The van der Waals surface area contributed by atoms with Gasteiger partial charge in [0.05, 0.1) is 6.21 Å². The first-order valence-electron chi connectivity index (χ1n) is 9.64. The standard InChI is InChI=1S/C21H22BrN7/c22-17-11-9-16(10-12-17)15-23-28-20-25-19(24-18-7-3-1-4-8-18)26-21(27-20)29-13-5-2-6-14-29/h1,3-4,7-12,15H,2,5-6,13-14H2,(H2,24,25,26,27,28)/b23-15+. The van der Waals surface area contributed by atoms with Gasteiger partial charge < -0.3 is 10.2 Å². The van der Waals surface area contributed by atoms with E-state index in [-0.39, 0.29) is 0 Å². The van der Waals surface area contributed by atoms with E-state index in [9.17, 15) is 0 Å². The molecule has 0 bridgehead atoms. The van der Waals surface area contributed by atoms with Crippen molar-refractivity contribution in [3.63, 3.8) is 0 Å². The number of piperidine rings is 1. The zero-order chi connectivity index (χ0) is 19.9. The second kappa shape index (κ2) is 9.47. The lowest BCUT2D eigenvalue weighted by molar-refractivity contribution is 0.568. The minimum atomic E-state index is 0.410. The lowest BCUT2D eigenvalue weighted by Gasteiger charge is -2.26. The maximum Gasteiger partial charge on any atom is 0.250 e. The SMILES string of the molecule is Brc1ccc(/C=N/Nc2nc(Nc3ccccc3)nc(N3CCCCC3)n2)cc1. The predicted octanol–water partition coefficient (Wildman–Crippen LogP) is 4.81. The van der Waals surface area contributed by atoms with Crippen molar-refractivity contribution in [2.45, 2.75) is 19.3 Å². The number of rotatable bonds is 6. The van der Waals surface area contributed by atoms with Gasteiger partial charge in [-0.05, 0) is 49.1 Å². The highest BCUT2D eigenvalue weighted by atomic mass is 79.9. The lowest BCUT2D eigenvalue weighted by atomic mass is 10.1. The van der Waals surface area contributed by atoms with Crippen LogP contribution in [0.5, 0.6) is 0 Å². The first-order valence-corrected chi connectivity index (χ1v) is 10.4. The van der Waals surface area contributed by atoms with E-state index in [2.05, 4.69) is 51.6 Å². The molecule has 7 nitrogen and oxygen atoms in total. The molecule has 0 spiro atoms. The average molecular weight is 452 g/mol. The Bertz CT molecular complexity index is 955. The maximum atomic E-state index is 4.62. The number of para-hydroxylation sites is 1. The van der Waals surface area contributed by atoms with E-state index in [0.717, 1.165) is 41.7 Å². The van der Waals surface area contributed by atoms with Crippen LogP contribution < -0.4 is 15.6 Å². The topological polar surface area (TPSA) is 78.3 Å². The van der Waals surface area contributed by atoms with E-state index in [1.807, 2.05) is 54.6 Å². The third-order valence-electron chi connectivity index (χ3n) is 4.54. The number of anilines is 4. The summed E-state index contributed by atoms with van der Waals surface area (Å²) in [6.07, 6.45) is 5.29. The maximum absolute atomic E-state index is 4.62. The molecular formula is C21H22BrN7. The molecule has 148 valence electrons. The Labute approximate surface area is 178 Å². The largest absolute Gasteiger partial charge is 0.341 e. The van der Waals surface area contributed by atoms with Gasteiger partial charge in [-0.2, -0.15) is 20.1 Å². The highest BCUT2D eigenvalue weighted by Crippen LogP contribution is 2.20. The number of nitrogens with one attached hydrogen (secondary N) is 2. The van der Waals surface area contributed by atoms with Crippen LogP contribution in [0.4, 0.5) is 23.5 Å². The number of hydrogen-bond acceptors (Lipinski definition) is 7. The van der Waals surface area contributed by atoms with Gasteiger partial charge in [-0.1, -0.05) is 46.3 Å². The van der Waals surface area contributed by atoms with E-state index in [4.69, 9.17) is 0 Å². The Morgan fingerprint density at radius 1 is 0.862 bits per heavy atom. The lowest BCUT2D eigenvalue weighted by Crippen LogP contribution is -2.31. The molecular weight excluding hydrogens is 430 g/mol. The highest BCUT2D eigenvalue weighted by molar-refractivity contribution is 9.10. The van der Waals surface area contributed by atoms with Crippen LogP contribution in [0.3, 0.4) is 0 Å². The first kappa shape index (κ1) is 19.3. The molecule has 0 unspecified atom stereocenters. The molecule has 1 aromatic heterocycles. The summed E-state index contributed by atoms with van der Waals surface area (Å²) in [6.45, 7) is 1.91. The van der Waals surface area contributed by atoms with Crippen molar-refractivity contribution in [3.05, 3.63) is 64.6 Å². The van der Waals surface area contributed by atoms with Crippen LogP contribution in [0.25, 0.3) is 0 Å². The zero-order valence-electron chi connectivity index (χ0n) is 15.9. The molecule has 3 aromatic rings. The Hall–Kier alpha value is -3.00. The van der Waals surface area contributed by atoms with Crippen molar-refractivity contribution in [2.24, 2.45) is 5.10 Å². The van der Waals surface area contributed by atoms with Crippen LogP contribution in [0.15, 0.2) is 64.2 Å². The van der Waals surface area contributed by atoms with Crippen LogP contribution >= 0.6 is 15.9 Å².